The Morgan fingerprint density at radius 1 is 0.553 bits per heavy atom. The molecule has 0 N–H and O–H groups in total. The molecule has 0 amide bonds. The van der Waals surface area contributed by atoms with E-state index in [9.17, 15) is 0 Å². The fourth-order valence-electron chi connectivity index (χ4n) is 4.75. The number of halogens is 1. The molecule has 4 nitrogen and oxygen atoms in total. The maximum absolute atomic E-state index is 6.35. The van der Waals surface area contributed by atoms with Crippen LogP contribution in [0.4, 0.5) is 0 Å². The molecule has 0 aliphatic rings. The highest BCUT2D eigenvalue weighted by Crippen LogP contribution is 2.39. The highest BCUT2D eigenvalue weighted by Gasteiger charge is 2.17. The predicted octanol–water partition coefficient (Wildman–Crippen LogP) is 8.96. The van der Waals surface area contributed by atoms with Crippen molar-refractivity contribution in [2.45, 2.75) is 0 Å². The Balaban J connectivity index is 1.36. The van der Waals surface area contributed by atoms with E-state index < -0.39 is 0 Å². The van der Waals surface area contributed by atoms with Crippen molar-refractivity contribution in [2.24, 2.45) is 0 Å². The standard InChI is InChI=1S/C32H19ClN4S/c33-32-36-29(27-24-13-7-8-14-26(24)38-31(27)37-32)22-17-15-20(16-18-22)25-19-34-30(23-11-5-2-6-12-23)35-28(25)21-9-3-1-4-10-21/h1-19H. The predicted molar refractivity (Wildman–Crippen MR) is 157 cm³/mol. The van der Waals surface area contributed by atoms with E-state index in [-0.39, 0.29) is 5.28 Å². The molecule has 180 valence electrons. The van der Waals surface area contributed by atoms with Gasteiger partial charge in [-0.2, -0.15) is 0 Å². The lowest BCUT2D eigenvalue weighted by atomic mass is 9.98. The minimum atomic E-state index is 0.249. The summed E-state index contributed by atoms with van der Waals surface area (Å²) in [4.78, 5) is 19.8. The van der Waals surface area contributed by atoms with Gasteiger partial charge in [-0.1, -0.05) is 103 Å². The molecule has 3 heterocycles. The van der Waals surface area contributed by atoms with Crippen LogP contribution in [0.5, 0.6) is 0 Å². The van der Waals surface area contributed by atoms with E-state index in [0.717, 1.165) is 54.8 Å². The summed E-state index contributed by atoms with van der Waals surface area (Å²) in [5.41, 5.74) is 6.73. The first-order chi connectivity index (χ1) is 18.7. The molecule has 0 aliphatic heterocycles. The lowest BCUT2D eigenvalue weighted by Crippen LogP contribution is -1.96. The third-order valence-corrected chi connectivity index (χ3v) is 7.78. The molecule has 3 aromatic heterocycles. The monoisotopic (exact) mass is 526 g/mol. The highest BCUT2D eigenvalue weighted by molar-refractivity contribution is 7.25. The smallest absolute Gasteiger partial charge is 0.224 e. The van der Waals surface area contributed by atoms with Gasteiger partial charge in [-0.25, -0.2) is 19.9 Å². The molecule has 0 spiro atoms. The number of hydrogen-bond donors (Lipinski definition) is 0. The minimum absolute atomic E-state index is 0.249. The quantitative estimate of drug-likeness (QED) is 0.215. The average molecular weight is 527 g/mol. The van der Waals surface area contributed by atoms with E-state index in [2.05, 4.69) is 58.5 Å². The summed E-state index contributed by atoms with van der Waals surface area (Å²) in [6, 6.07) is 36.9. The number of rotatable bonds is 4. The van der Waals surface area contributed by atoms with E-state index in [1.165, 1.54) is 4.70 Å². The summed E-state index contributed by atoms with van der Waals surface area (Å²) in [6.07, 6.45) is 1.92. The molecular weight excluding hydrogens is 508 g/mol. The number of benzene rings is 4. The van der Waals surface area contributed by atoms with Crippen molar-refractivity contribution in [3.05, 3.63) is 121 Å². The maximum atomic E-state index is 6.35. The van der Waals surface area contributed by atoms with Crippen LogP contribution in [0.15, 0.2) is 115 Å². The van der Waals surface area contributed by atoms with Gasteiger partial charge < -0.3 is 0 Å². The summed E-state index contributed by atoms with van der Waals surface area (Å²) in [6.45, 7) is 0. The number of thiophene rings is 1. The first kappa shape index (κ1) is 22.7. The van der Waals surface area contributed by atoms with Gasteiger partial charge in [-0.3, -0.25) is 0 Å². The minimum Gasteiger partial charge on any atom is -0.236 e. The van der Waals surface area contributed by atoms with Crippen molar-refractivity contribution in [1.82, 2.24) is 19.9 Å². The van der Waals surface area contributed by atoms with Crippen molar-refractivity contribution < 1.29 is 0 Å². The lowest BCUT2D eigenvalue weighted by molar-refractivity contribution is 1.18. The molecule has 0 saturated heterocycles. The van der Waals surface area contributed by atoms with E-state index >= 15 is 0 Å². The molecule has 4 aromatic carbocycles. The zero-order chi connectivity index (χ0) is 25.5. The Morgan fingerprint density at radius 3 is 1.95 bits per heavy atom. The van der Waals surface area contributed by atoms with Crippen LogP contribution in [0.1, 0.15) is 0 Å². The van der Waals surface area contributed by atoms with Gasteiger partial charge in [-0.05, 0) is 23.2 Å². The van der Waals surface area contributed by atoms with E-state index in [4.69, 9.17) is 21.6 Å². The first-order valence-electron chi connectivity index (χ1n) is 12.2. The maximum Gasteiger partial charge on any atom is 0.224 e. The van der Waals surface area contributed by atoms with Crippen molar-refractivity contribution in [1.29, 1.82) is 0 Å². The molecule has 7 aromatic rings. The molecule has 0 bridgehead atoms. The second kappa shape index (κ2) is 9.45. The van der Waals surface area contributed by atoms with Crippen molar-refractivity contribution in [3.8, 4) is 45.0 Å². The van der Waals surface area contributed by atoms with Gasteiger partial charge in [0.05, 0.1) is 11.4 Å². The van der Waals surface area contributed by atoms with Gasteiger partial charge in [0.2, 0.25) is 5.28 Å². The molecule has 0 fully saturated rings. The van der Waals surface area contributed by atoms with Crippen LogP contribution < -0.4 is 0 Å². The van der Waals surface area contributed by atoms with Crippen LogP contribution in [0.3, 0.4) is 0 Å². The Hall–Kier alpha value is -4.45. The van der Waals surface area contributed by atoms with Crippen molar-refractivity contribution >= 4 is 43.2 Å². The SMILES string of the molecule is Clc1nc(-c2ccc(-c3cnc(-c4ccccc4)nc3-c3ccccc3)cc2)c2c(n1)sc1ccccc12. The average Bonchev–Trinajstić information content (AvgIpc) is 3.36. The number of aromatic nitrogens is 4. The second-order valence-corrected chi connectivity index (χ2v) is 10.3. The summed E-state index contributed by atoms with van der Waals surface area (Å²) >= 11 is 7.98. The highest BCUT2D eigenvalue weighted by atomic mass is 35.5. The molecule has 0 radical (unpaired) electrons. The van der Waals surface area contributed by atoms with Gasteiger partial charge in [0, 0.05) is 43.9 Å². The number of hydrogen-bond acceptors (Lipinski definition) is 5. The third kappa shape index (κ3) is 4.02. The number of nitrogens with zero attached hydrogens (tertiary/aromatic N) is 4. The third-order valence-electron chi connectivity index (χ3n) is 6.55. The van der Waals surface area contributed by atoms with Gasteiger partial charge in [-0.15, -0.1) is 11.3 Å². The van der Waals surface area contributed by atoms with Crippen LogP contribution in [0.25, 0.3) is 65.3 Å². The normalized spacial score (nSPS) is 11.3. The molecule has 0 atom stereocenters. The molecule has 0 unspecified atom stereocenters. The summed E-state index contributed by atoms with van der Waals surface area (Å²) in [5, 5.41) is 2.42. The molecular formula is C32H19ClN4S. The second-order valence-electron chi connectivity index (χ2n) is 8.88. The van der Waals surface area contributed by atoms with Crippen LogP contribution in [-0.4, -0.2) is 19.9 Å². The van der Waals surface area contributed by atoms with E-state index in [1.54, 1.807) is 11.3 Å². The largest absolute Gasteiger partial charge is 0.236 e. The van der Waals surface area contributed by atoms with E-state index in [0.29, 0.717) is 5.82 Å². The van der Waals surface area contributed by atoms with Crippen molar-refractivity contribution in [2.75, 3.05) is 0 Å². The first-order valence-corrected chi connectivity index (χ1v) is 13.4. The van der Waals surface area contributed by atoms with Gasteiger partial charge >= 0.3 is 0 Å². The Bertz CT molecular complexity index is 1920. The fourth-order valence-corrected chi connectivity index (χ4v) is 6.04. The van der Waals surface area contributed by atoms with Crippen LogP contribution in [0.2, 0.25) is 5.28 Å². The lowest BCUT2D eigenvalue weighted by Gasteiger charge is -2.12. The molecule has 38 heavy (non-hydrogen) atoms. The molecule has 0 aliphatic carbocycles. The Kier molecular flexibility index (Phi) is 5.65. The van der Waals surface area contributed by atoms with Gasteiger partial charge in [0.15, 0.2) is 5.82 Å². The van der Waals surface area contributed by atoms with Crippen molar-refractivity contribution in [3.63, 3.8) is 0 Å². The molecule has 6 heteroatoms. The van der Waals surface area contributed by atoms with Crippen LogP contribution >= 0.6 is 22.9 Å². The molecule has 7 rings (SSSR count). The Morgan fingerprint density at radius 2 is 1.18 bits per heavy atom. The Labute approximate surface area is 228 Å². The van der Waals surface area contributed by atoms with Crippen LogP contribution in [-0.2, 0) is 0 Å². The number of fused-ring (bicyclic) bond motifs is 3. The van der Waals surface area contributed by atoms with Gasteiger partial charge in [0.1, 0.15) is 4.83 Å². The zero-order valence-corrected chi connectivity index (χ0v) is 21.6. The summed E-state index contributed by atoms with van der Waals surface area (Å²) < 4.78 is 1.17. The fraction of sp³-hybridized carbons (Fsp3) is 0. The summed E-state index contributed by atoms with van der Waals surface area (Å²) in [7, 11) is 0. The van der Waals surface area contributed by atoms with Gasteiger partial charge in [0.25, 0.3) is 0 Å². The zero-order valence-electron chi connectivity index (χ0n) is 20.0. The summed E-state index contributed by atoms with van der Waals surface area (Å²) in [5.74, 6) is 0.701. The van der Waals surface area contributed by atoms with Crippen LogP contribution in [0, 0.1) is 0 Å². The molecule has 0 saturated carbocycles. The topological polar surface area (TPSA) is 51.6 Å². The van der Waals surface area contributed by atoms with E-state index in [1.807, 2.05) is 66.9 Å².